The number of aryl methyl sites for hydroxylation is 1. The number of carbonyl (C=O) groups excluding carboxylic acids is 1. The van der Waals surface area contributed by atoms with Crippen molar-refractivity contribution in [3.8, 4) is 0 Å². The minimum absolute atomic E-state index is 0.152. The standard InChI is InChI=1S/C16H24N2O2/c1-4-20-16(19)17-14-9-13(3)10-18(11-14)15-7-5-12(2)6-8-15/h5-8,13-14H,4,9-11H2,1-3H3,(H,17,19). The third kappa shape index (κ3) is 3.89. The topological polar surface area (TPSA) is 41.6 Å². The Balaban J connectivity index is 2.00. The molecule has 20 heavy (non-hydrogen) atoms. The van der Waals surface area contributed by atoms with Crippen LogP contribution in [0.1, 0.15) is 25.8 Å². The van der Waals surface area contributed by atoms with E-state index in [-0.39, 0.29) is 12.1 Å². The number of hydrogen-bond donors (Lipinski definition) is 1. The zero-order chi connectivity index (χ0) is 14.5. The Morgan fingerprint density at radius 1 is 1.35 bits per heavy atom. The quantitative estimate of drug-likeness (QED) is 0.923. The number of carbonyl (C=O) groups is 1. The maximum Gasteiger partial charge on any atom is 0.407 e. The fraction of sp³-hybridized carbons (Fsp3) is 0.562. The number of alkyl carbamates (subject to hydrolysis) is 1. The van der Waals surface area contributed by atoms with Crippen molar-refractivity contribution in [2.45, 2.75) is 33.2 Å². The van der Waals surface area contributed by atoms with Crippen LogP contribution in [0.2, 0.25) is 0 Å². The molecule has 0 radical (unpaired) electrons. The number of nitrogens with zero attached hydrogens (tertiary/aromatic N) is 1. The summed E-state index contributed by atoms with van der Waals surface area (Å²) < 4.78 is 4.97. The van der Waals surface area contributed by atoms with E-state index < -0.39 is 0 Å². The molecule has 1 fully saturated rings. The summed E-state index contributed by atoms with van der Waals surface area (Å²) in [5.74, 6) is 0.553. The van der Waals surface area contributed by atoms with Crippen LogP contribution in [-0.4, -0.2) is 31.8 Å². The molecule has 1 aliphatic heterocycles. The van der Waals surface area contributed by atoms with Crippen LogP contribution in [0.4, 0.5) is 10.5 Å². The lowest BCUT2D eigenvalue weighted by Crippen LogP contribution is -2.50. The minimum Gasteiger partial charge on any atom is -0.450 e. The van der Waals surface area contributed by atoms with Crippen molar-refractivity contribution in [2.24, 2.45) is 5.92 Å². The number of ether oxygens (including phenoxy) is 1. The Labute approximate surface area is 121 Å². The van der Waals surface area contributed by atoms with Gasteiger partial charge in [0.05, 0.1) is 6.61 Å². The van der Waals surface area contributed by atoms with Crippen LogP contribution in [0, 0.1) is 12.8 Å². The molecule has 1 aliphatic rings. The van der Waals surface area contributed by atoms with Crippen LogP contribution in [-0.2, 0) is 4.74 Å². The predicted octanol–water partition coefficient (Wildman–Crippen LogP) is 2.96. The van der Waals surface area contributed by atoms with Crippen molar-refractivity contribution in [2.75, 3.05) is 24.6 Å². The molecule has 110 valence electrons. The highest BCUT2D eigenvalue weighted by atomic mass is 16.5. The fourth-order valence-electron chi connectivity index (χ4n) is 2.76. The van der Waals surface area contributed by atoms with Crippen LogP contribution < -0.4 is 10.2 Å². The summed E-state index contributed by atoms with van der Waals surface area (Å²) in [6.45, 7) is 8.42. The molecule has 4 nitrogen and oxygen atoms in total. The largest absolute Gasteiger partial charge is 0.450 e. The molecule has 1 aromatic rings. The van der Waals surface area contributed by atoms with E-state index in [1.165, 1.54) is 11.3 Å². The average molecular weight is 276 g/mol. The molecule has 2 unspecified atom stereocenters. The zero-order valence-electron chi connectivity index (χ0n) is 12.6. The van der Waals surface area contributed by atoms with E-state index in [9.17, 15) is 4.79 Å². The third-order valence-corrected chi connectivity index (χ3v) is 3.66. The first-order valence-corrected chi connectivity index (χ1v) is 7.33. The SMILES string of the molecule is CCOC(=O)NC1CC(C)CN(c2ccc(C)cc2)C1. The van der Waals surface area contributed by atoms with Crippen molar-refractivity contribution in [1.29, 1.82) is 0 Å². The van der Waals surface area contributed by atoms with Gasteiger partial charge in [-0.2, -0.15) is 0 Å². The third-order valence-electron chi connectivity index (χ3n) is 3.66. The molecular formula is C16H24N2O2. The first-order chi connectivity index (χ1) is 9.58. The smallest absolute Gasteiger partial charge is 0.407 e. The van der Waals surface area contributed by atoms with Gasteiger partial charge in [-0.25, -0.2) is 4.79 Å². The lowest BCUT2D eigenvalue weighted by Gasteiger charge is -2.38. The molecule has 0 aromatic heterocycles. The number of rotatable bonds is 3. The van der Waals surface area contributed by atoms with Gasteiger partial charge in [0.15, 0.2) is 0 Å². The lowest BCUT2D eigenvalue weighted by molar-refractivity contribution is 0.145. The Bertz CT molecular complexity index is 444. The highest BCUT2D eigenvalue weighted by molar-refractivity contribution is 5.67. The molecule has 1 aromatic carbocycles. The molecule has 1 saturated heterocycles. The first kappa shape index (κ1) is 14.7. The summed E-state index contributed by atoms with van der Waals surface area (Å²) in [5, 5.41) is 2.96. The number of piperidine rings is 1. The van der Waals surface area contributed by atoms with E-state index in [0.717, 1.165) is 19.5 Å². The molecular weight excluding hydrogens is 252 g/mol. The molecule has 0 bridgehead atoms. The van der Waals surface area contributed by atoms with Gasteiger partial charge in [-0.3, -0.25) is 0 Å². The van der Waals surface area contributed by atoms with E-state index in [0.29, 0.717) is 12.5 Å². The van der Waals surface area contributed by atoms with Gasteiger partial charge in [0.25, 0.3) is 0 Å². The number of nitrogens with one attached hydrogen (secondary N) is 1. The zero-order valence-corrected chi connectivity index (χ0v) is 12.6. The predicted molar refractivity (Wildman–Crippen MR) is 81.1 cm³/mol. The average Bonchev–Trinajstić information content (AvgIpc) is 2.39. The molecule has 1 amide bonds. The summed E-state index contributed by atoms with van der Waals surface area (Å²) >= 11 is 0. The summed E-state index contributed by atoms with van der Waals surface area (Å²) in [5.41, 5.74) is 2.48. The van der Waals surface area contributed by atoms with Crippen LogP contribution in [0.15, 0.2) is 24.3 Å². The summed E-state index contributed by atoms with van der Waals surface area (Å²) in [6.07, 6.45) is 0.691. The van der Waals surface area contributed by atoms with E-state index in [2.05, 4.69) is 48.3 Å². The Hall–Kier alpha value is -1.71. The van der Waals surface area contributed by atoms with Gasteiger partial charge >= 0.3 is 6.09 Å². The first-order valence-electron chi connectivity index (χ1n) is 7.33. The highest BCUT2D eigenvalue weighted by Crippen LogP contribution is 2.23. The Kier molecular flexibility index (Phi) is 4.88. The second-order valence-corrected chi connectivity index (χ2v) is 5.64. The van der Waals surface area contributed by atoms with Crippen LogP contribution in [0.5, 0.6) is 0 Å². The number of benzene rings is 1. The van der Waals surface area contributed by atoms with Gasteiger partial charge in [-0.05, 0) is 38.3 Å². The minimum atomic E-state index is -0.310. The van der Waals surface area contributed by atoms with Crippen molar-refractivity contribution in [3.05, 3.63) is 29.8 Å². The van der Waals surface area contributed by atoms with Crippen molar-refractivity contribution in [3.63, 3.8) is 0 Å². The van der Waals surface area contributed by atoms with Gasteiger partial charge in [0, 0.05) is 24.8 Å². The maximum atomic E-state index is 11.6. The van der Waals surface area contributed by atoms with Gasteiger partial charge in [0.2, 0.25) is 0 Å². The second-order valence-electron chi connectivity index (χ2n) is 5.64. The van der Waals surface area contributed by atoms with Crippen molar-refractivity contribution in [1.82, 2.24) is 5.32 Å². The lowest BCUT2D eigenvalue weighted by atomic mass is 9.95. The molecule has 0 aliphatic carbocycles. The number of anilines is 1. The second kappa shape index (κ2) is 6.64. The van der Waals surface area contributed by atoms with E-state index >= 15 is 0 Å². The van der Waals surface area contributed by atoms with Gasteiger partial charge < -0.3 is 15.0 Å². The highest BCUT2D eigenvalue weighted by Gasteiger charge is 2.26. The van der Waals surface area contributed by atoms with E-state index in [1.807, 2.05) is 6.92 Å². The van der Waals surface area contributed by atoms with Gasteiger partial charge in [0.1, 0.15) is 0 Å². The van der Waals surface area contributed by atoms with Gasteiger partial charge in [-0.15, -0.1) is 0 Å². The Morgan fingerprint density at radius 2 is 2.05 bits per heavy atom. The molecule has 0 saturated carbocycles. The van der Waals surface area contributed by atoms with Crippen LogP contribution in [0.3, 0.4) is 0 Å². The number of hydrogen-bond acceptors (Lipinski definition) is 3. The molecule has 0 spiro atoms. The fourth-order valence-corrected chi connectivity index (χ4v) is 2.76. The molecule has 1 heterocycles. The monoisotopic (exact) mass is 276 g/mol. The Morgan fingerprint density at radius 3 is 2.70 bits per heavy atom. The van der Waals surface area contributed by atoms with Crippen LogP contribution in [0.25, 0.3) is 0 Å². The van der Waals surface area contributed by atoms with E-state index in [1.54, 1.807) is 0 Å². The van der Waals surface area contributed by atoms with Crippen molar-refractivity contribution >= 4 is 11.8 Å². The summed E-state index contributed by atoms with van der Waals surface area (Å²) in [4.78, 5) is 13.9. The molecule has 2 rings (SSSR count). The summed E-state index contributed by atoms with van der Waals surface area (Å²) in [7, 11) is 0. The maximum absolute atomic E-state index is 11.6. The number of amides is 1. The molecule has 4 heteroatoms. The molecule has 2 atom stereocenters. The van der Waals surface area contributed by atoms with Crippen LogP contribution >= 0.6 is 0 Å². The van der Waals surface area contributed by atoms with Crippen molar-refractivity contribution < 1.29 is 9.53 Å². The summed E-state index contributed by atoms with van der Waals surface area (Å²) in [6, 6.07) is 8.70. The molecule has 1 N–H and O–H groups in total. The normalized spacial score (nSPS) is 22.4. The van der Waals surface area contributed by atoms with Gasteiger partial charge in [-0.1, -0.05) is 24.6 Å². The van der Waals surface area contributed by atoms with E-state index in [4.69, 9.17) is 4.74 Å².